The zero-order valence-electron chi connectivity index (χ0n) is 14.1. The van der Waals surface area contributed by atoms with Crippen molar-refractivity contribution in [1.29, 1.82) is 0 Å². The van der Waals surface area contributed by atoms with Crippen molar-refractivity contribution in [2.75, 3.05) is 27.8 Å². The number of ether oxygens (including phenoxy) is 4. The maximum atomic E-state index is 13.1. The number of carbonyl (C=O) groups excluding carboxylic acids is 2. The van der Waals surface area contributed by atoms with Crippen LogP contribution in [0.2, 0.25) is 0 Å². The zero-order chi connectivity index (χ0) is 18.1. The van der Waals surface area contributed by atoms with Crippen LogP contribution in [0.1, 0.15) is 20.7 Å². The van der Waals surface area contributed by atoms with E-state index in [1.807, 2.05) is 0 Å². The van der Waals surface area contributed by atoms with E-state index in [1.165, 1.54) is 14.2 Å². The number of hydrogen-bond donors (Lipinski definition) is 0. The van der Waals surface area contributed by atoms with Gasteiger partial charge >= 0.3 is 5.79 Å². The lowest BCUT2D eigenvalue weighted by Crippen LogP contribution is -2.52. The number of ketones is 2. The monoisotopic (exact) mass is 344 g/mol. The molecule has 25 heavy (non-hydrogen) atoms. The quantitative estimate of drug-likeness (QED) is 0.375. The molecule has 0 spiro atoms. The molecule has 0 amide bonds. The van der Waals surface area contributed by atoms with Crippen molar-refractivity contribution in [3.63, 3.8) is 0 Å². The number of carbonyl (C=O) groups is 2. The van der Waals surface area contributed by atoms with Gasteiger partial charge in [0.05, 0.1) is 0 Å². The third kappa shape index (κ3) is 4.37. The van der Waals surface area contributed by atoms with E-state index in [2.05, 4.69) is 0 Å². The molecule has 0 saturated heterocycles. The van der Waals surface area contributed by atoms with E-state index in [4.69, 9.17) is 18.9 Å². The summed E-state index contributed by atoms with van der Waals surface area (Å²) in [6.45, 7) is -0.609. The fourth-order valence-electron chi connectivity index (χ4n) is 2.25. The van der Waals surface area contributed by atoms with Crippen LogP contribution in [0.25, 0.3) is 0 Å². The molecule has 0 atom stereocenters. The molecule has 0 aliphatic heterocycles. The van der Waals surface area contributed by atoms with Gasteiger partial charge in [0.25, 0.3) is 0 Å². The van der Waals surface area contributed by atoms with Crippen molar-refractivity contribution in [1.82, 2.24) is 0 Å². The summed E-state index contributed by atoms with van der Waals surface area (Å²) < 4.78 is 20.8. The maximum Gasteiger partial charge on any atom is 0.303 e. The summed E-state index contributed by atoms with van der Waals surface area (Å²) in [5, 5.41) is 0. The minimum absolute atomic E-state index is 0.277. The SMILES string of the molecule is COCOC(OCOC)(C(=O)c1ccccc1)C(=O)c1ccccc1. The van der Waals surface area contributed by atoms with Crippen molar-refractivity contribution in [3.8, 4) is 0 Å². The van der Waals surface area contributed by atoms with E-state index in [-0.39, 0.29) is 24.7 Å². The third-order valence-electron chi connectivity index (χ3n) is 3.43. The molecule has 0 bridgehead atoms. The van der Waals surface area contributed by atoms with E-state index in [1.54, 1.807) is 60.7 Å². The van der Waals surface area contributed by atoms with Gasteiger partial charge in [0.1, 0.15) is 0 Å². The Morgan fingerprint density at radius 2 is 1.08 bits per heavy atom. The van der Waals surface area contributed by atoms with Crippen LogP contribution in [-0.2, 0) is 18.9 Å². The lowest BCUT2D eigenvalue weighted by molar-refractivity contribution is -0.236. The lowest BCUT2D eigenvalue weighted by Gasteiger charge is -2.30. The molecule has 6 nitrogen and oxygen atoms in total. The summed E-state index contributed by atoms with van der Waals surface area (Å²) in [5.74, 6) is -3.46. The molecule has 132 valence electrons. The van der Waals surface area contributed by atoms with E-state index in [0.717, 1.165) is 0 Å². The van der Waals surface area contributed by atoms with Gasteiger partial charge in [-0.2, -0.15) is 0 Å². The fraction of sp³-hybridized carbons (Fsp3) is 0.263. The highest BCUT2D eigenvalue weighted by Crippen LogP contribution is 2.25. The highest BCUT2D eigenvalue weighted by molar-refractivity contribution is 6.21. The second-order valence-electron chi connectivity index (χ2n) is 5.11. The molecule has 0 fully saturated rings. The Bertz CT molecular complexity index is 622. The van der Waals surface area contributed by atoms with Crippen molar-refractivity contribution >= 4 is 11.6 Å². The molecule has 2 aromatic carbocycles. The van der Waals surface area contributed by atoms with Gasteiger partial charge in [-0.3, -0.25) is 9.59 Å². The van der Waals surface area contributed by atoms with Gasteiger partial charge in [-0.15, -0.1) is 0 Å². The second-order valence-corrected chi connectivity index (χ2v) is 5.11. The standard InChI is InChI=1S/C19H20O6/c1-22-13-24-19(25-14-23-2,17(20)15-9-5-3-6-10-15)18(21)16-11-7-4-8-12-16/h3-12H,13-14H2,1-2H3. The molecule has 0 radical (unpaired) electrons. The molecular formula is C19H20O6. The topological polar surface area (TPSA) is 71.1 Å². The largest absolute Gasteiger partial charge is 0.358 e. The van der Waals surface area contributed by atoms with Crippen molar-refractivity contribution in [2.24, 2.45) is 0 Å². The molecule has 2 rings (SSSR count). The molecule has 0 aliphatic rings. The molecule has 0 heterocycles. The molecule has 0 N–H and O–H groups in total. The van der Waals surface area contributed by atoms with Gasteiger partial charge in [0, 0.05) is 25.3 Å². The molecule has 6 heteroatoms. The van der Waals surface area contributed by atoms with Crippen LogP contribution in [0.4, 0.5) is 0 Å². The van der Waals surface area contributed by atoms with Gasteiger partial charge in [-0.05, 0) is 0 Å². The lowest BCUT2D eigenvalue weighted by atomic mass is 9.95. The van der Waals surface area contributed by atoms with Crippen LogP contribution in [0, 0.1) is 0 Å². The summed E-state index contributed by atoms with van der Waals surface area (Å²) in [7, 11) is 2.78. The van der Waals surface area contributed by atoms with Crippen molar-refractivity contribution in [2.45, 2.75) is 5.79 Å². The van der Waals surface area contributed by atoms with Crippen molar-refractivity contribution < 1.29 is 28.5 Å². The average molecular weight is 344 g/mol. The molecule has 2 aromatic rings. The maximum absolute atomic E-state index is 13.1. The van der Waals surface area contributed by atoms with Crippen LogP contribution < -0.4 is 0 Å². The first kappa shape index (κ1) is 19.0. The van der Waals surface area contributed by atoms with E-state index in [0.29, 0.717) is 0 Å². The smallest absolute Gasteiger partial charge is 0.303 e. The number of rotatable bonds is 10. The molecule has 0 aliphatic carbocycles. The second kappa shape index (κ2) is 9.19. The van der Waals surface area contributed by atoms with Gasteiger partial charge < -0.3 is 18.9 Å². The van der Waals surface area contributed by atoms with Gasteiger partial charge in [0.15, 0.2) is 13.6 Å². The summed E-state index contributed by atoms with van der Waals surface area (Å²) in [5.41, 5.74) is 0.554. The first-order valence-electron chi connectivity index (χ1n) is 7.61. The highest BCUT2D eigenvalue weighted by atomic mass is 16.8. The molecular weight excluding hydrogens is 324 g/mol. The minimum Gasteiger partial charge on any atom is -0.358 e. The first-order valence-corrected chi connectivity index (χ1v) is 7.61. The Morgan fingerprint density at radius 1 is 0.720 bits per heavy atom. The van der Waals surface area contributed by atoms with Crippen LogP contribution in [0.15, 0.2) is 60.7 Å². The predicted molar refractivity (Wildman–Crippen MR) is 90.2 cm³/mol. The number of benzene rings is 2. The Morgan fingerprint density at radius 3 is 1.40 bits per heavy atom. The van der Waals surface area contributed by atoms with Crippen LogP contribution in [-0.4, -0.2) is 45.2 Å². The Labute approximate surface area is 146 Å². The Balaban J connectivity index is 2.50. The summed E-state index contributed by atoms with van der Waals surface area (Å²) >= 11 is 0. The van der Waals surface area contributed by atoms with Gasteiger partial charge in [-0.1, -0.05) is 60.7 Å². The summed E-state index contributed by atoms with van der Waals surface area (Å²) in [4.78, 5) is 26.2. The number of Topliss-reactive ketones (excluding diaryl/α,β-unsaturated/α-hetero) is 2. The van der Waals surface area contributed by atoms with Crippen LogP contribution >= 0.6 is 0 Å². The van der Waals surface area contributed by atoms with Gasteiger partial charge in [0.2, 0.25) is 11.6 Å². The predicted octanol–water partition coefficient (Wildman–Crippen LogP) is 2.69. The number of hydrogen-bond acceptors (Lipinski definition) is 6. The molecule has 0 saturated carbocycles. The van der Waals surface area contributed by atoms with E-state index >= 15 is 0 Å². The van der Waals surface area contributed by atoms with E-state index in [9.17, 15) is 9.59 Å². The first-order chi connectivity index (χ1) is 12.2. The van der Waals surface area contributed by atoms with Crippen LogP contribution in [0.3, 0.4) is 0 Å². The summed E-state index contributed by atoms with van der Waals surface area (Å²) in [6.07, 6.45) is 0. The normalized spacial score (nSPS) is 11.3. The third-order valence-corrected chi connectivity index (χ3v) is 3.43. The van der Waals surface area contributed by atoms with Crippen LogP contribution in [0.5, 0.6) is 0 Å². The number of methoxy groups -OCH3 is 2. The Kier molecular flexibility index (Phi) is 6.97. The highest BCUT2D eigenvalue weighted by Gasteiger charge is 2.49. The molecule has 0 aromatic heterocycles. The fourth-order valence-corrected chi connectivity index (χ4v) is 2.25. The molecule has 0 unspecified atom stereocenters. The average Bonchev–Trinajstić information content (AvgIpc) is 2.69. The minimum atomic E-state index is -2.20. The van der Waals surface area contributed by atoms with E-state index < -0.39 is 17.4 Å². The summed E-state index contributed by atoms with van der Waals surface area (Å²) in [6, 6.07) is 16.6. The Hall–Kier alpha value is -2.38. The van der Waals surface area contributed by atoms with Crippen molar-refractivity contribution in [3.05, 3.63) is 71.8 Å². The van der Waals surface area contributed by atoms with Gasteiger partial charge in [-0.25, -0.2) is 0 Å². The zero-order valence-corrected chi connectivity index (χ0v) is 14.1.